The molecule has 0 fully saturated rings. The van der Waals surface area contributed by atoms with E-state index < -0.39 is 0 Å². The maximum Gasteiger partial charge on any atom is 0.256 e. The molecule has 0 unspecified atom stereocenters. The van der Waals surface area contributed by atoms with Crippen molar-refractivity contribution >= 4 is 11.6 Å². The molecule has 7 heteroatoms. The van der Waals surface area contributed by atoms with Crippen LogP contribution in [0, 0.1) is 0 Å². The highest BCUT2D eigenvalue weighted by Gasteiger charge is 2.11. The first-order valence-corrected chi connectivity index (χ1v) is 6.19. The van der Waals surface area contributed by atoms with Crippen LogP contribution in [0.15, 0.2) is 59.9 Å². The van der Waals surface area contributed by atoms with Crippen LogP contribution in [0.1, 0.15) is 10.4 Å². The Bertz CT molecular complexity index is 823. The lowest BCUT2D eigenvalue weighted by Crippen LogP contribution is -2.17. The van der Waals surface area contributed by atoms with Crippen molar-refractivity contribution in [3.8, 4) is 5.82 Å². The van der Waals surface area contributed by atoms with E-state index in [0.29, 0.717) is 11.5 Å². The molecule has 104 valence electrons. The maximum atomic E-state index is 12.2. The number of H-pyrrole nitrogens is 1. The lowest BCUT2D eigenvalue weighted by Gasteiger charge is -2.09. The molecule has 0 bridgehead atoms. The molecule has 0 saturated carbocycles. The maximum absolute atomic E-state index is 12.2. The van der Waals surface area contributed by atoms with Gasteiger partial charge in [0.1, 0.15) is 0 Å². The van der Waals surface area contributed by atoms with E-state index in [1.165, 1.54) is 18.3 Å². The Hall–Kier alpha value is -3.22. The number of nitrogens with one attached hydrogen (secondary N) is 2. The first-order chi connectivity index (χ1) is 10.2. The number of pyridine rings is 2. The van der Waals surface area contributed by atoms with Gasteiger partial charge in [0.25, 0.3) is 5.91 Å². The minimum absolute atomic E-state index is 0.272. The molecule has 3 aromatic heterocycles. The second kappa shape index (κ2) is 5.41. The van der Waals surface area contributed by atoms with Crippen LogP contribution >= 0.6 is 0 Å². The highest BCUT2D eigenvalue weighted by atomic mass is 16.2. The molecule has 0 aliphatic carbocycles. The molecular weight excluding hydrogens is 270 g/mol. The van der Waals surface area contributed by atoms with Crippen molar-refractivity contribution in [2.45, 2.75) is 0 Å². The second-order valence-corrected chi connectivity index (χ2v) is 4.22. The van der Waals surface area contributed by atoms with Crippen molar-refractivity contribution in [2.24, 2.45) is 0 Å². The molecular formula is C14H11N5O2. The lowest BCUT2D eigenvalue weighted by molar-refractivity contribution is 0.102. The van der Waals surface area contributed by atoms with Crippen molar-refractivity contribution in [2.75, 3.05) is 5.32 Å². The summed E-state index contributed by atoms with van der Waals surface area (Å²) in [5, 5.41) is 6.82. The molecule has 7 nitrogen and oxygen atoms in total. The summed E-state index contributed by atoms with van der Waals surface area (Å²) in [4.78, 5) is 30.1. The topological polar surface area (TPSA) is 92.7 Å². The third-order valence-electron chi connectivity index (χ3n) is 2.79. The number of hydrogen-bond donors (Lipinski definition) is 2. The molecule has 0 aromatic carbocycles. The Morgan fingerprint density at radius 2 is 2.14 bits per heavy atom. The number of nitrogens with zero attached hydrogens (tertiary/aromatic N) is 3. The number of carbonyl (C=O) groups is 1. The number of amides is 1. The fourth-order valence-corrected chi connectivity index (χ4v) is 1.85. The number of hydrogen-bond acceptors (Lipinski definition) is 4. The van der Waals surface area contributed by atoms with Crippen molar-refractivity contribution in [1.82, 2.24) is 19.7 Å². The smallest absolute Gasteiger partial charge is 0.256 e. The average molecular weight is 281 g/mol. The van der Waals surface area contributed by atoms with Gasteiger partial charge in [0.2, 0.25) is 5.56 Å². The van der Waals surface area contributed by atoms with E-state index in [1.807, 2.05) is 0 Å². The summed E-state index contributed by atoms with van der Waals surface area (Å²) in [6.45, 7) is 0. The number of anilines is 1. The van der Waals surface area contributed by atoms with Crippen LogP contribution in [0.25, 0.3) is 5.82 Å². The van der Waals surface area contributed by atoms with Gasteiger partial charge in [-0.3, -0.25) is 9.59 Å². The minimum atomic E-state index is -0.387. The van der Waals surface area contributed by atoms with Crippen LogP contribution in [-0.2, 0) is 0 Å². The van der Waals surface area contributed by atoms with Gasteiger partial charge < -0.3 is 10.3 Å². The fraction of sp³-hybridized carbons (Fsp3) is 0. The van der Waals surface area contributed by atoms with Crippen molar-refractivity contribution < 1.29 is 4.79 Å². The van der Waals surface area contributed by atoms with Gasteiger partial charge in [-0.05, 0) is 24.3 Å². The number of carbonyl (C=O) groups excluding carboxylic acids is 1. The number of aromatic nitrogens is 4. The largest absolute Gasteiger partial charge is 0.329 e. The van der Waals surface area contributed by atoms with Gasteiger partial charge in [-0.2, -0.15) is 5.10 Å². The molecule has 3 heterocycles. The molecule has 21 heavy (non-hydrogen) atoms. The summed E-state index contributed by atoms with van der Waals surface area (Å²) in [5.74, 6) is 0.114. The zero-order valence-electron chi connectivity index (χ0n) is 10.9. The average Bonchev–Trinajstić information content (AvgIpc) is 3.02. The summed E-state index contributed by atoms with van der Waals surface area (Å²) in [5.41, 5.74) is 0.446. The molecule has 0 radical (unpaired) electrons. The third-order valence-corrected chi connectivity index (χ3v) is 2.79. The summed E-state index contributed by atoms with van der Waals surface area (Å²) in [6, 6.07) is 7.95. The van der Waals surface area contributed by atoms with Gasteiger partial charge in [-0.15, -0.1) is 0 Å². The summed E-state index contributed by atoms with van der Waals surface area (Å²) < 4.78 is 1.55. The van der Waals surface area contributed by atoms with Crippen LogP contribution in [-0.4, -0.2) is 25.7 Å². The van der Waals surface area contributed by atoms with Crippen LogP contribution in [0.3, 0.4) is 0 Å². The van der Waals surface area contributed by atoms with Gasteiger partial charge in [0.15, 0.2) is 5.82 Å². The SMILES string of the molecule is O=C(Nc1cccnc1-n1cccn1)c1cc[nH]c(=O)c1. The highest BCUT2D eigenvalue weighted by molar-refractivity contribution is 6.04. The van der Waals surface area contributed by atoms with Crippen LogP contribution < -0.4 is 10.9 Å². The Morgan fingerprint density at radius 3 is 2.90 bits per heavy atom. The molecule has 1 amide bonds. The Labute approximate surface area is 119 Å². The molecule has 0 saturated heterocycles. The fourth-order valence-electron chi connectivity index (χ4n) is 1.85. The van der Waals surface area contributed by atoms with Gasteiger partial charge in [-0.25, -0.2) is 9.67 Å². The van der Waals surface area contributed by atoms with E-state index in [4.69, 9.17) is 0 Å². The molecule has 0 aliphatic heterocycles. The zero-order chi connectivity index (χ0) is 14.7. The van der Waals surface area contributed by atoms with Gasteiger partial charge >= 0.3 is 0 Å². The van der Waals surface area contributed by atoms with E-state index in [2.05, 4.69) is 20.4 Å². The molecule has 0 aliphatic rings. The molecule has 2 N–H and O–H groups in total. The highest BCUT2D eigenvalue weighted by Crippen LogP contribution is 2.16. The molecule has 3 rings (SSSR count). The number of aromatic amines is 1. The van der Waals surface area contributed by atoms with Gasteiger partial charge in [0.05, 0.1) is 5.69 Å². The summed E-state index contributed by atoms with van der Waals surface area (Å²) in [7, 11) is 0. The second-order valence-electron chi connectivity index (χ2n) is 4.22. The Morgan fingerprint density at radius 1 is 1.24 bits per heavy atom. The monoisotopic (exact) mass is 281 g/mol. The van der Waals surface area contributed by atoms with Gasteiger partial charge in [-0.1, -0.05) is 0 Å². The third kappa shape index (κ3) is 2.71. The van der Waals surface area contributed by atoms with Crippen LogP contribution in [0.2, 0.25) is 0 Å². The predicted molar refractivity (Wildman–Crippen MR) is 76.4 cm³/mol. The summed E-state index contributed by atoms with van der Waals surface area (Å²) >= 11 is 0. The summed E-state index contributed by atoms with van der Waals surface area (Å²) in [6.07, 6.45) is 6.39. The lowest BCUT2D eigenvalue weighted by atomic mass is 10.2. The Kier molecular flexibility index (Phi) is 3.30. The standard InChI is InChI=1S/C14H11N5O2/c20-12-9-10(4-7-15-12)14(21)18-11-3-1-5-16-13(11)19-8-2-6-17-19/h1-9H,(H,15,20)(H,18,21). The molecule has 3 aromatic rings. The van der Waals surface area contributed by atoms with E-state index in [1.54, 1.807) is 41.5 Å². The molecule has 0 atom stereocenters. The van der Waals surface area contributed by atoms with Crippen LogP contribution in [0.5, 0.6) is 0 Å². The van der Waals surface area contributed by atoms with E-state index in [9.17, 15) is 9.59 Å². The zero-order valence-corrected chi connectivity index (χ0v) is 10.9. The van der Waals surface area contributed by atoms with Crippen LogP contribution in [0.4, 0.5) is 5.69 Å². The predicted octanol–water partition coefficient (Wildman–Crippen LogP) is 1.21. The van der Waals surface area contributed by atoms with E-state index in [0.717, 1.165) is 0 Å². The Balaban J connectivity index is 1.92. The van der Waals surface area contributed by atoms with E-state index >= 15 is 0 Å². The van der Waals surface area contributed by atoms with Crippen molar-refractivity contribution in [3.05, 3.63) is 71.0 Å². The molecule has 0 spiro atoms. The van der Waals surface area contributed by atoms with E-state index in [-0.39, 0.29) is 17.0 Å². The number of rotatable bonds is 3. The minimum Gasteiger partial charge on any atom is -0.329 e. The normalized spacial score (nSPS) is 10.3. The first kappa shape index (κ1) is 12.8. The van der Waals surface area contributed by atoms with Crippen molar-refractivity contribution in [3.63, 3.8) is 0 Å². The first-order valence-electron chi connectivity index (χ1n) is 6.19. The quantitative estimate of drug-likeness (QED) is 0.754. The van der Waals surface area contributed by atoms with Crippen molar-refractivity contribution in [1.29, 1.82) is 0 Å². The van der Waals surface area contributed by atoms with Gasteiger partial charge in [0, 0.05) is 36.4 Å².